The van der Waals surface area contributed by atoms with Crippen molar-refractivity contribution in [1.29, 1.82) is 0 Å². The minimum atomic E-state index is -0.149. The lowest BCUT2D eigenvalue weighted by atomic mass is 10.1. The molecule has 1 N–H and O–H groups in total. The van der Waals surface area contributed by atoms with Crippen molar-refractivity contribution in [3.05, 3.63) is 77.9 Å². The second-order valence-electron chi connectivity index (χ2n) is 6.31. The number of aryl methyl sites for hydroxylation is 1. The third kappa shape index (κ3) is 3.91. The first-order chi connectivity index (χ1) is 12.6. The molecule has 0 aliphatic heterocycles. The standard InChI is InChI=1S/C22H22N2O2/c1-16-7-3-6-10-20(16)22(26)23-14-13-21(25)24(2)19-12-11-17-8-4-5-9-18(17)15-19/h3-12,15H,13-14H2,1-2H3,(H,23,26). The highest BCUT2D eigenvalue weighted by Crippen LogP contribution is 2.21. The summed E-state index contributed by atoms with van der Waals surface area (Å²) in [5, 5.41) is 5.06. The number of nitrogens with one attached hydrogen (secondary N) is 1. The van der Waals surface area contributed by atoms with Gasteiger partial charge in [0.2, 0.25) is 5.91 Å². The van der Waals surface area contributed by atoms with Gasteiger partial charge in [-0.1, -0.05) is 48.5 Å². The number of benzene rings is 3. The number of anilines is 1. The fourth-order valence-corrected chi connectivity index (χ4v) is 2.90. The van der Waals surface area contributed by atoms with Crippen LogP contribution in [-0.4, -0.2) is 25.4 Å². The molecule has 0 saturated heterocycles. The van der Waals surface area contributed by atoms with E-state index in [1.807, 2.05) is 67.6 Å². The van der Waals surface area contributed by atoms with Crippen molar-refractivity contribution in [3.8, 4) is 0 Å². The van der Waals surface area contributed by atoms with Gasteiger partial charge < -0.3 is 10.2 Å². The number of hydrogen-bond donors (Lipinski definition) is 1. The van der Waals surface area contributed by atoms with Crippen LogP contribution in [0.1, 0.15) is 22.3 Å². The third-order valence-corrected chi connectivity index (χ3v) is 4.51. The first-order valence-electron chi connectivity index (χ1n) is 8.65. The van der Waals surface area contributed by atoms with Gasteiger partial charge in [-0.25, -0.2) is 0 Å². The van der Waals surface area contributed by atoms with Crippen LogP contribution in [0.25, 0.3) is 10.8 Å². The maximum Gasteiger partial charge on any atom is 0.251 e. The van der Waals surface area contributed by atoms with Crippen LogP contribution in [0, 0.1) is 6.92 Å². The van der Waals surface area contributed by atoms with Gasteiger partial charge in [0.1, 0.15) is 0 Å². The normalized spacial score (nSPS) is 10.5. The van der Waals surface area contributed by atoms with E-state index in [1.165, 1.54) is 0 Å². The van der Waals surface area contributed by atoms with Crippen LogP contribution < -0.4 is 10.2 Å². The topological polar surface area (TPSA) is 49.4 Å². The number of nitrogens with zero attached hydrogens (tertiary/aromatic N) is 1. The Morgan fingerprint density at radius 1 is 0.923 bits per heavy atom. The molecule has 132 valence electrons. The van der Waals surface area contributed by atoms with Gasteiger partial charge in [-0.15, -0.1) is 0 Å². The van der Waals surface area contributed by atoms with Crippen molar-refractivity contribution in [3.63, 3.8) is 0 Å². The summed E-state index contributed by atoms with van der Waals surface area (Å²) in [6, 6.07) is 21.4. The molecule has 0 atom stereocenters. The molecule has 0 aromatic heterocycles. The van der Waals surface area contributed by atoms with Crippen LogP contribution in [-0.2, 0) is 4.79 Å². The predicted octanol–water partition coefficient (Wildman–Crippen LogP) is 3.93. The Morgan fingerprint density at radius 3 is 2.38 bits per heavy atom. The van der Waals surface area contributed by atoms with Crippen LogP contribution >= 0.6 is 0 Å². The first kappa shape index (κ1) is 17.7. The maximum atomic E-state index is 12.4. The van der Waals surface area contributed by atoms with E-state index in [2.05, 4.69) is 5.32 Å². The van der Waals surface area contributed by atoms with Gasteiger partial charge in [0, 0.05) is 31.3 Å². The number of amides is 2. The summed E-state index contributed by atoms with van der Waals surface area (Å²) < 4.78 is 0. The van der Waals surface area contributed by atoms with Gasteiger partial charge in [-0.2, -0.15) is 0 Å². The fraction of sp³-hybridized carbons (Fsp3) is 0.182. The Hall–Kier alpha value is -3.14. The third-order valence-electron chi connectivity index (χ3n) is 4.51. The Morgan fingerprint density at radius 2 is 1.62 bits per heavy atom. The lowest BCUT2D eigenvalue weighted by Gasteiger charge is -2.18. The summed E-state index contributed by atoms with van der Waals surface area (Å²) in [5.74, 6) is -0.186. The van der Waals surface area contributed by atoms with E-state index in [0.29, 0.717) is 12.1 Å². The molecule has 0 spiro atoms. The highest BCUT2D eigenvalue weighted by atomic mass is 16.2. The van der Waals surface area contributed by atoms with E-state index in [-0.39, 0.29) is 18.2 Å². The zero-order valence-electron chi connectivity index (χ0n) is 15.0. The molecule has 3 rings (SSSR count). The van der Waals surface area contributed by atoms with Crippen molar-refractivity contribution in [2.75, 3.05) is 18.5 Å². The van der Waals surface area contributed by atoms with E-state index >= 15 is 0 Å². The minimum Gasteiger partial charge on any atom is -0.352 e. The van der Waals surface area contributed by atoms with Crippen molar-refractivity contribution in [2.45, 2.75) is 13.3 Å². The molecule has 3 aromatic rings. The minimum absolute atomic E-state index is 0.0367. The number of carbonyl (C=O) groups excluding carboxylic acids is 2. The molecule has 2 amide bonds. The van der Waals surface area contributed by atoms with E-state index < -0.39 is 0 Å². The Kier molecular flexibility index (Phi) is 5.32. The largest absolute Gasteiger partial charge is 0.352 e. The number of fused-ring (bicyclic) bond motifs is 1. The van der Waals surface area contributed by atoms with Crippen LogP contribution in [0.3, 0.4) is 0 Å². The molecule has 0 bridgehead atoms. The van der Waals surface area contributed by atoms with Crippen molar-refractivity contribution in [1.82, 2.24) is 5.32 Å². The van der Waals surface area contributed by atoms with Crippen molar-refractivity contribution < 1.29 is 9.59 Å². The van der Waals surface area contributed by atoms with E-state index in [1.54, 1.807) is 18.0 Å². The first-order valence-corrected chi connectivity index (χ1v) is 8.65. The van der Waals surface area contributed by atoms with Gasteiger partial charge in [0.15, 0.2) is 0 Å². The average molecular weight is 346 g/mol. The summed E-state index contributed by atoms with van der Waals surface area (Å²) in [6.45, 7) is 2.21. The summed E-state index contributed by atoms with van der Waals surface area (Å²) in [5.41, 5.74) is 2.41. The molecule has 0 fully saturated rings. The van der Waals surface area contributed by atoms with E-state index in [9.17, 15) is 9.59 Å². The van der Waals surface area contributed by atoms with Crippen LogP contribution in [0.5, 0.6) is 0 Å². The number of rotatable bonds is 5. The lowest BCUT2D eigenvalue weighted by molar-refractivity contribution is -0.118. The molecule has 0 aliphatic rings. The maximum absolute atomic E-state index is 12.4. The van der Waals surface area contributed by atoms with Crippen molar-refractivity contribution >= 4 is 28.3 Å². The highest BCUT2D eigenvalue weighted by molar-refractivity contribution is 5.98. The van der Waals surface area contributed by atoms with E-state index in [4.69, 9.17) is 0 Å². The molecule has 4 heteroatoms. The SMILES string of the molecule is Cc1ccccc1C(=O)NCCC(=O)N(C)c1ccc2ccccc2c1. The summed E-state index contributed by atoms with van der Waals surface area (Å²) in [7, 11) is 1.76. The van der Waals surface area contributed by atoms with Gasteiger partial charge >= 0.3 is 0 Å². The number of carbonyl (C=O) groups is 2. The molecule has 26 heavy (non-hydrogen) atoms. The van der Waals surface area contributed by atoms with Crippen LogP contribution in [0.2, 0.25) is 0 Å². The van der Waals surface area contributed by atoms with E-state index in [0.717, 1.165) is 22.0 Å². The molecule has 0 aliphatic carbocycles. The smallest absolute Gasteiger partial charge is 0.251 e. The van der Waals surface area contributed by atoms with Crippen LogP contribution in [0.15, 0.2) is 66.7 Å². The van der Waals surface area contributed by atoms with Gasteiger partial charge in [-0.05, 0) is 41.5 Å². The van der Waals surface area contributed by atoms with Gasteiger partial charge in [0.25, 0.3) is 5.91 Å². The highest BCUT2D eigenvalue weighted by Gasteiger charge is 2.13. The number of hydrogen-bond acceptors (Lipinski definition) is 2. The molecule has 4 nitrogen and oxygen atoms in total. The summed E-state index contributed by atoms with van der Waals surface area (Å²) in [6.07, 6.45) is 0.251. The monoisotopic (exact) mass is 346 g/mol. The molecule has 0 saturated carbocycles. The fourth-order valence-electron chi connectivity index (χ4n) is 2.90. The Balaban J connectivity index is 1.58. The summed E-state index contributed by atoms with van der Waals surface area (Å²) in [4.78, 5) is 26.3. The molecule has 0 radical (unpaired) electrons. The molecule has 3 aromatic carbocycles. The summed E-state index contributed by atoms with van der Waals surface area (Å²) >= 11 is 0. The second-order valence-corrected chi connectivity index (χ2v) is 6.31. The van der Waals surface area contributed by atoms with Gasteiger partial charge in [-0.3, -0.25) is 9.59 Å². The Bertz CT molecular complexity index is 950. The molecule has 0 heterocycles. The quantitative estimate of drug-likeness (QED) is 0.761. The molecule has 0 unspecified atom stereocenters. The molecular weight excluding hydrogens is 324 g/mol. The average Bonchev–Trinajstić information content (AvgIpc) is 2.67. The lowest BCUT2D eigenvalue weighted by Crippen LogP contribution is -2.32. The van der Waals surface area contributed by atoms with Crippen molar-refractivity contribution in [2.24, 2.45) is 0 Å². The zero-order chi connectivity index (χ0) is 18.5. The molecular formula is C22H22N2O2. The second kappa shape index (κ2) is 7.83. The van der Waals surface area contributed by atoms with Crippen LogP contribution in [0.4, 0.5) is 5.69 Å². The van der Waals surface area contributed by atoms with Gasteiger partial charge in [0.05, 0.1) is 0 Å². The zero-order valence-corrected chi connectivity index (χ0v) is 15.0. The predicted molar refractivity (Wildman–Crippen MR) is 105 cm³/mol. The Labute approximate surface area is 153 Å².